The number of nitrogens with two attached hydrogens (primary N) is 1. The fourth-order valence-corrected chi connectivity index (χ4v) is 3.53. The number of nitrogens with zero attached hydrogens (tertiary/aromatic N) is 1. The number of ether oxygens (including phenoxy) is 2. The van der Waals surface area contributed by atoms with E-state index in [-0.39, 0.29) is 24.0 Å². The zero-order valence-electron chi connectivity index (χ0n) is 19.9. The Morgan fingerprint density at radius 2 is 1.62 bits per heavy atom. The number of carbonyl (C=O) groups excluding carboxylic acids is 3. The summed E-state index contributed by atoms with van der Waals surface area (Å²) in [5.41, 5.74) is 8.17. The average molecular weight is 497 g/mol. The van der Waals surface area contributed by atoms with Crippen molar-refractivity contribution in [2.24, 2.45) is 5.73 Å². The highest BCUT2D eigenvalue weighted by Crippen LogP contribution is 2.29. The molecule has 1 aromatic heterocycles. The molecule has 0 aliphatic carbocycles. The summed E-state index contributed by atoms with van der Waals surface area (Å²) < 4.78 is 11.2. The lowest BCUT2D eigenvalue weighted by Crippen LogP contribution is -2.14. The third-order valence-corrected chi connectivity index (χ3v) is 5.37. The Morgan fingerprint density at radius 3 is 2.38 bits per heavy atom. The first-order chi connectivity index (χ1) is 17.9. The maximum Gasteiger partial charge on any atom is 0.257 e. The van der Waals surface area contributed by atoms with Crippen molar-refractivity contribution in [2.75, 3.05) is 17.7 Å². The predicted octanol–water partition coefficient (Wildman–Crippen LogP) is 4.27. The predicted molar refractivity (Wildman–Crippen MR) is 139 cm³/mol. The van der Waals surface area contributed by atoms with Crippen LogP contribution in [-0.4, -0.2) is 29.8 Å². The van der Waals surface area contributed by atoms with E-state index in [4.69, 9.17) is 15.2 Å². The molecule has 0 unspecified atom stereocenters. The topological polar surface area (TPSA) is 133 Å². The molecular formula is C28H24N4O5. The molecule has 0 saturated carbocycles. The van der Waals surface area contributed by atoms with Crippen LogP contribution in [0.4, 0.5) is 11.4 Å². The summed E-state index contributed by atoms with van der Waals surface area (Å²) in [7, 11) is 1.47. The molecule has 9 heteroatoms. The molecule has 4 aromatic rings. The van der Waals surface area contributed by atoms with E-state index < -0.39 is 5.91 Å². The minimum atomic E-state index is -0.582. The first-order valence-electron chi connectivity index (χ1n) is 11.3. The van der Waals surface area contributed by atoms with Crippen molar-refractivity contribution in [1.29, 1.82) is 0 Å². The maximum atomic E-state index is 12.9. The number of rotatable bonds is 9. The fraction of sp³-hybridized carbons (Fsp3) is 0.0714. The summed E-state index contributed by atoms with van der Waals surface area (Å²) >= 11 is 0. The monoisotopic (exact) mass is 496 g/mol. The van der Waals surface area contributed by atoms with Gasteiger partial charge in [-0.15, -0.1) is 0 Å². The molecule has 4 N–H and O–H groups in total. The second-order valence-electron chi connectivity index (χ2n) is 7.91. The molecule has 0 spiro atoms. The molecule has 0 aliphatic heterocycles. The number of para-hydroxylation sites is 1. The average Bonchev–Trinajstić information content (AvgIpc) is 2.93. The van der Waals surface area contributed by atoms with Crippen LogP contribution in [0.25, 0.3) is 0 Å². The number of anilines is 2. The summed E-state index contributed by atoms with van der Waals surface area (Å²) in [5.74, 6) is -0.506. The maximum absolute atomic E-state index is 12.9. The Morgan fingerprint density at radius 1 is 0.838 bits per heavy atom. The minimum absolute atomic E-state index is 0.143. The van der Waals surface area contributed by atoms with E-state index in [0.717, 1.165) is 5.56 Å². The van der Waals surface area contributed by atoms with Crippen LogP contribution in [0, 0.1) is 0 Å². The highest BCUT2D eigenvalue weighted by atomic mass is 16.5. The number of primary amides is 1. The summed E-state index contributed by atoms with van der Waals surface area (Å²) in [5, 5.41) is 5.60. The molecule has 0 radical (unpaired) electrons. The molecule has 4 rings (SSSR count). The summed E-state index contributed by atoms with van der Waals surface area (Å²) in [4.78, 5) is 40.9. The van der Waals surface area contributed by atoms with Gasteiger partial charge in [0.15, 0.2) is 0 Å². The first kappa shape index (κ1) is 24.9. The number of methoxy groups -OCH3 is 1. The van der Waals surface area contributed by atoms with Crippen molar-refractivity contribution in [3.05, 3.63) is 114 Å². The molecular weight excluding hydrogens is 472 g/mol. The van der Waals surface area contributed by atoms with E-state index in [0.29, 0.717) is 34.0 Å². The third-order valence-electron chi connectivity index (χ3n) is 5.37. The van der Waals surface area contributed by atoms with Crippen molar-refractivity contribution in [1.82, 2.24) is 4.98 Å². The minimum Gasteiger partial charge on any atom is -0.494 e. The van der Waals surface area contributed by atoms with E-state index in [1.54, 1.807) is 79.0 Å². The van der Waals surface area contributed by atoms with Crippen LogP contribution in [-0.2, 0) is 6.61 Å². The molecule has 0 saturated heterocycles. The number of hydrogen-bond acceptors (Lipinski definition) is 6. The van der Waals surface area contributed by atoms with Crippen molar-refractivity contribution in [3.8, 4) is 11.5 Å². The number of carbonyl (C=O) groups is 3. The zero-order chi connectivity index (χ0) is 26.2. The lowest BCUT2D eigenvalue weighted by molar-refractivity contribution is 0.0992. The van der Waals surface area contributed by atoms with Gasteiger partial charge in [-0.25, -0.2) is 0 Å². The van der Waals surface area contributed by atoms with Gasteiger partial charge in [0, 0.05) is 29.7 Å². The van der Waals surface area contributed by atoms with Gasteiger partial charge in [0.2, 0.25) is 0 Å². The fourth-order valence-electron chi connectivity index (χ4n) is 3.53. The number of benzene rings is 3. The van der Waals surface area contributed by atoms with E-state index in [9.17, 15) is 14.4 Å². The van der Waals surface area contributed by atoms with Crippen LogP contribution >= 0.6 is 0 Å². The van der Waals surface area contributed by atoms with Crippen molar-refractivity contribution in [3.63, 3.8) is 0 Å². The molecule has 37 heavy (non-hydrogen) atoms. The molecule has 186 valence electrons. The quantitative estimate of drug-likeness (QED) is 0.317. The standard InChI is InChI=1S/C28H24N4O5/c1-36-25-15-21(11-12-23(25)32-28(35)20-8-5-13-30-16-20)31-27(34)19-7-4-6-18(14-19)17-37-24-10-3-2-9-22(24)26(29)33/h2-16H,17H2,1H3,(H2,29,33)(H,31,34)(H,32,35). The van der Waals surface area contributed by atoms with Crippen molar-refractivity contribution >= 4 is 29.1 Å². The normalized spacial score (nSPS) is 10.3. The van der Waals surface area contributed by atoms with Crippen LogP contribution < -0.4 is 25.8 Å². The van der Waals surface area contributed by atoms with Crippen LogP contribution in [0.3, 0.4) is 0 Å². The van der Waals surface area contributed by atoms with Gasteiger partial charge in [-0.05, 0) is 54.1 Å². The van der Waals surface area contributed by atoms with Gasteiger partial charge < -0.3 is 25.8 Å². The number of pyridine rings is 1. The Labute approximate surface area is 213 Å². The second-order valence-corrected chi connectivity index (χ2v) is 7.91. The van der Waals surface area contributed by atoms with Gasteiger partial charge in [0.05, 0.1) is 23.9 Å². The van der Waals surface area contributed by atoms with E-state index >= 15 is 0 Å². The summed E-state index contributed by atoms with van der Waals surface area (Å²) in [6.07, 6.45) is 3.05. The van der Waals surface area contributed by atoms with Crippen molar-refractivity contribution in [2.45, 2.75) is 6.61 Å². The van der Waals surface area contributed by atoms with Gasteiger partial charge in [-0.1, -0.05) is 24.3 Å². The number of nitrogens with one attached hydrogen (secondary N) is 2. The van der Waals surface area contributed by atoms with Crippen LogP contribution in [0.1, 0.15) is 36.6 Å². The highest BCUT2D eigenvalue weighted by molar-refractivity contribution is 6.06. The largest absolute Gasteiger partial charge is 0.494 e. The molecule has 0 fully saturated rings. The Bertz CT molecular complexity index is 1440. The Kier molecular flexibility index (Phi) is 7.75. The third kappa shape index (κ3) is 6.29. The van der Waals surface area contributed by atoms with Gasteiger partial charge in [-0.2, -0.15) is 0 Å². The van der Waals surface area contributed by atoms with E-state index in [1.807, 2.05) is 6.07 Å². The van der Waals surface area contributed by atoms with Crippen molar-refractivity contribution < 1.29 is 23.9 Å². The molecule has 0 atom stereocenters. The molecule has 1 heterocycles. The summed E-state index contributed by atoms with van der Waals surface area (Å²) in [6.45, 7) is 0.143. The molecule has 0 aliphatic rings. The number of aromatic nitrogens is 1. The van der Waals surface area contributed by atoms with Gasteiger partial charge >= 0.3 is 0 Å². The van der Waals surface area contributed by atoms with Gasteiger partial charge in [-0.3, -0.25) is 19.4 Å². The second kappa shape index (κ2) is 11.5. The Hall–Kier alpha value is -5.18. The first-order valence-corrected chi connectivity index (χ1v) is 11.3. The van der Waals surface area contributed by atoms with E-state index in [1.165, 1.54) is 13.3 Å². The van der Waals surface area contributed by atoms with Crippen LogP contribution in [0.15, 0.2) is 91.3 Å². The highest BCUT2D eigenvalue weighted by Gasteiger charge is 2.13. The van der Waals surface area contributed by atoms with Gasteiger partial charge in [0.1, 0.15) is 18.1 Å². The zero-order valence-corrected chi connectivity index (χ0v) is 19.9. The van der Waals surface area contributed by atoms with Crippen LogP contribution in [0.5, 0.6) is 11.5 Å². The molecule has 9 nitrogen and oxygen atoms in total. The SMILES string of the molecule is COc1cc(NC(=O)c2cccc(COc3ccccc3C(N)=O)c2)ccc1NC(=O)c1cccnc1. The number of hydrogen-bond donors (Lipinski definition) is 3. The molecule has 3 amide bonds. The summed E-state index contributed by atoms with van der Waals surface area (Å²) in [6, 6.07) is 21.9. The smallest absolute Gasteiger partial charge is 0.257 e. The number of amides is 3. The lowest BCUT2D eigenvalue weighted by Gasteiger charge is -2.13. The van der Waals surface area contributed by atoms with Crippen LogP contribution in [0.2, 0.25) is 0 Å². The Balaban J connectivity index is 1.43. The van der Waals surface area contributed by atoms with Gasteiger partial charge in [0.25, 0.3) is 17.7 Å². The lowest BCUT2D eigenvalue weighted by atomic mass is 10.1. The molecule has 0 bridgehead atoms. The van der Waals surface area contributed by atoms with E-state index in [2.05, 4.69) is 15.6 Å². The molecule has 3 aromatic carbocycles.